The molecule has 5 nitrogen and oxygen atoms in total. The molecule has 1 heterocycles. The third-order valence-corrected chi connectivity index (χ3v) is 5.18. The van der Waals surface area contributed by atoms with Gasteiger partial charge in [-0.2, -0.15) is 0 Å². The van der Waals surface area contributed by atoms with Crippen LogP contribution in [0.1, 0.15) is 36.3 Å². The molecule has 1 atom stereocenters. The van der Waals surface area contributed by atoms with E-state index in [0.717, 1.165) is 28.7 Å². The minimum absolute atomic E-state index is 0.00954. The minimum atomic E-state index is -0.442. The zero-order valence-electron chi connectivity index (χ0n) is 15.6. The van der Waals surface area contributed by atoms with E-state index in [1.807, 2.05) is 37.3 Å². The molecule has 4 rings (SSSR count). The number of rotatable bonds is 7. The van der Waals surface area contributed by atoms with Crippen molar-refractivity contribution in [1.29, 1.82) is 0 Å². The molecule has 5 heteroatoms. The molecule has 142 valence electrons. The second-order valence-electron chi connectivity index (χ2n) is 7.25. The molecule has 0 aromatic heterocycles. The predicted octanol–water partition coefficient (Wildman–Crippen LogP) is 3.43. The quantitative estimate of drug-likeness (QED) is 0.815. The van der Waals surface area contributed by atoms with Crippen molar-refractivity contribution in [1.82, 2.24) is 0 Å². The highest BCUT2D eigenvalue weighted by molar-refractivity contribution is 5.99. The van der Waals surface area contributed by atoms with Crippen LogP contribution in [0.2, 0.25) is 0 Å². The first-order chi connectivity index (χ1) is 13.2. The normalized spacial score (nSPS) is 19.4. The number of carbonyl (C=O) groups is 1. The molecule has 2 aromatic rings. The third kappa shape index (κ3) is 3.93. The minimum Gasteiger partial charge on any atom is -0.491 e. The Hall–Kier alpha value is -2.53. The summed E-state index contributed by atoms with van der Waals surface area (Å²) < 4.78 is 11.4. The summed E-state index contributed by atoms with van der Waals surface area (Å²) in [7, 11) is 0. The smallest absolute Gasteiger partial charge is 0.268 e. The van der Waals surface area contributed by atoms with Gasteiger partial charge in [0.1, 0.15) is 18.1 Å². The van der Waals surface area contributed by atoms with Gasteiger partial charge in [-0.05, 0) is 67.1 Å². The highest BCUT2D eigenvalue weighted by Crippen LogP contribution is 2.40. The number of hydrogen-bond acceptors (Lipinski definition) is 4. The van der Waals surface area contributed by atoms with Gasteiger partial charge in [0, 0.05) is 18.7 Å². The zero-order chi connectivity index (χ0) is 18.8. The zero-order valence-corrected chi connectivity index (χ0v) is 15.6. The van der Waals surface area contributed by atoms with Gasteiger partial charge in [-0.25, -0.2) is 0 Å². The van der Waals surface area contributed by atoms with Crippen LogP contribution in [0.25, 0.3) is 0 Å². The lowest BCUT2D eigenvalue weighted by Gasteiger charge is -2.19. The van der Waals surface area contributed by atoms with Crippen LogP contribution in [0, 0.1) is 6.92 Å². The van der Waals surface area contributed by atoms with Crippen molar-refractivity contribution in [2.75, 3.05) is 24.7 Å². The number of hydrogen-bond donors (Lipinski definition) is 1. The van der Waals surface area contributed by atoms with E-state index in [2.05, 4.69) is 12.1 Å². The highest BCUT2D eigenvalue weighted by Gasteiger charge is 2.34. The fourth-order valence-corrected chi connectivity index (χ4v) is 3.54. The van der Waals surface area contributed by atoms with Gasteiger partial charge in [0.15, 0.2) is 6.10 Å². The van der Waals surface area contributed by atoms with E-state index in [4.69, 9.17) is 14.6 Å². The van der Waals surface area contributed by atoms with E-state index in [1.165, 1.54) is 18.4 Å². The molecule has 1 N–H and O–H groups in total. The number of amides is 1. The number of aliphatic hydroxyl groups excluding tert-OH is 1. The maximum Gasteiger partial charge on any atom is 0.268 e. The average Bonchev–Trinajstić information content (AvgIpc) is 3.46. The summed E-state index contributed by atoms with van der Waals surface area (Å²) in [5.74, 6) is 2.19. The van der Waals surface area contributed by atoms with Crippen molar-refractivity contribution in [2.45, 2.75) is 38.2 Å². The fourth-order valence-electron chi connectivity index (χ4n) is 3.54. The summed E-state index contributed by atoms with van der Waals surface area (Å²) >= 11 is 0. The van der Waals surface area contributed by atoms with Crippen LogP contribution < -0.4 is 14.4 Å². The van der Waals surface area contributed by atoms with Crippen molar-refractivity contribution >= 4 is 11.6 Å². The molecule has 2 aromatic carbocycles. The molecule has 27 heavy (non-hydrogen) atoms. The van der Waals surface area contributed by atoms with Crippen LogP contribution >= 0.6 is 0 Å². The van der Waals surface area contributed by atoms with Crippen molar-refractivity contribution < 1.29 is 19.4 Å². The molecular weight excluding hydrogens is 342 g/mol. The Kier molecular flexibility index (Phi) is 5.03. The molecule has 1 saturated carbocycles. The van der Waals surface area contributed by atoms with Gasteiger partial charge >= 0.3 is 0 Å². The first kappa shape index (κ1) is 17.9. The Balaban J connectivity index is 1.41. The molecule has 1 saturated heterocycles. The first-order valence-electron chi connectivity index (χ1n) is 9.58. The molecule has 1 unspecified atom stereocenters. The molecule has 1 aliphatic heterocycles. The van der Waals surface area contributed by atoms with Crippen molar-refractivity contribution in [3.05, 3.63) is 53.6 Å². The van der Waals surface area contributed by atoms with Gasteiger partial charge in [0.25, 0.3) is 5.91 Å². The van der Waals surface area contributed by atoms with Crippen LogP contribution in [0.15, 0.2) is 42.5 Å². The molecule has 0 radical (unpaired) electrons. The number of carbonyl (C=O) groups excluding carboxylic acids is 1. The Morgan fingerprint density at radius 2 is 1.89 bits per heavy atom. The maximum atomic E-state index is 12.8. The van der Waals surface area contributed by atoms with E-state index >= 15 is 0 Å². The van der Waals surface area contributed by atoms with Crippen molar-refractivity contribution in [2.24, 2.45) is 0 Å². The van der Waals surface area contributed by atoms with Gasteiger partial charge in [0.2, 0.25) is 0 Å². The number of benzene rings is 2. The summed E-state index contributed by atoms with van der Waals surface area (Å²) in [6.45, 7) is 2.82. The number of nitrogens with zero attached hydrogens (tertiary/aromatic N) is 1. The SMILES string of the molecule is Cc1cc(N2CCC(Oc3ccc(C4CC4)cc3)C2=O)ccc1OCCO. The Morgan fingerprint density at radius 3 is 2.56 bits per heavy atom. The van der Waals surface area contributed by atoms with Crippen molar-refractivity contribution in [3.63, 3.8) is 0 Å². The van der Waals surface area contributed by atoms with Crippen LogP contribution in [0.5, 0.6) is 11.5 Å². The molecule has 0 spiro atoms. The van der Waals surface area contributed by atoms with Crippen LogP contribution in [0.4, 0.5) is 5.69 Å². The number of aryl methyl sites for hydroxylation is 1. The molecule has 0 bridgehead atoms. The molecule has 2 fully saturated rings. The second kappa shape index (κ2) is 7.61. The van der Waals surface area contributed by atoms with Crippen LogP contribution in [-0.4, -0.2) is 36.9 Å². The molecular formula is C22H25NO4. The second-order valence-corrected chi connectivity index (χ2v) is 7.25. The number of aliphatic hydroxyl groups is 1. The Bertz CT molecular complexity index is 814. The highest BCUT2D eigenvalue weighted by atomic mass is 16.5. The number of anilines is 1. The predicted molar refractivity (Wildman–Crippen MR) is 104 cm³/mol. The van der Waals surface area contributed by atoms with Crippen molar-refractivity contribution in [3.8, 4) is 11.5 Å². The summed E-state index contributed by atoms with van der Waals surface area (Å²) in [5.41, 5.74) is 3.15. The molecule has 1 aliphatic carbocycles. The fraction of sp³-hybridized carbons (Fsp3) is 0.409. The maximum absolute atomic E-state index is 12.8. The Labute approximate surface area is 159 Å². The van der Waals surface area contributed by atoms with Gasteiger partial charge in [-0.15, -0.1) is 0 Å². The molecule has 2 aliphatic rings. The summed E-state index contributed by atoms with van der Waals surface area (Å²) in [6, 6.07) is 13.8. The summed E-state index contributed by atoms with van der Waals surface area (Å²) in [6.07, 6.45) is 2.78. The van der Waals surface area contributed by atoms with Crippen LogP contribution in [-0.2, 0) is 4.79 Å². The van der Waals surface area contributed by atoms with Gasteiger partial charge in [-0.1, -0.05) is 12.1 Å². The number of ether oxygens (including phenoxy) is 2. The van der Waals surface area contributed by atoms with Gasteiger partial charge in [-0.3, -0.25) is 4.79 Å². The van der Waals surface area contributed by atoms with E-state index in [-0.39, 0.29) is 19.1 Å². The Morgan fingerprint density at radius 1 is 1.11 bits per heavy atom. The van der Waals surface area contributed by atoms with E-state index in [0.29, 0.717) is 13.0 Å². The largest absolute Gasteiger partial charge is 0.491 e. The average molecular weight is 367 g/mol. The van der Waals surface area contributed by atoms with Crippen LogP contribution in [0.3, 0.4) is 0 Å². The monoisotopic (exact) mass is 367 g/mol. The van der Waals surface area contributed by atoms with Gasteiger partial charge in [0.05, 0.1) is 6.61 Å². The van der Waals surface area contributed by atoms with Gasteiger partial charge < -0.3 is 19.5 Å². The summed E-state index contributed by atoms with van der Waals surface area (Å²) in [4.78, 5) is 14.6. The molecule has 1 amide bonds. The lowest BCUT2D eigenvalue weighted by Crippen LogP contribution is -2.32. The summed E-state index contributed by atoms with van der Waals surface area (Å²) in [5, 5.41) is 8.88. The lowest BCUT2D eigenvalue weighted by atomic mass is 10.1. The van der Waals surface area contributed by atoms with E-state index < -0.39 is 6.10 Å². The standard InChI is InChI=1S/C22H25NO4/c1-15-14-18(6-9-20(15)26-13-12-24)23-11-10-21(22(23)25)27-19-7-4-17(5-8-19)16-2-3-16/h4-9,14,16,21,24H,2-3,10-13H2,1H3. The topological polar surface area (TPSA) is 59.0 Å². The van der Waals surface area contributed by atoms with E-state index in [1.54, 1.807) is 4.90 Å². The third-order valence-electron chi connectivity index (χ3n) is 5.18. The first-order valence-corrected chi connectivity index (χ1v) is 9.58. The lowest BCUT2D eigenvalue weighted by molar-refractivity contribution is -0.122. The van der Waals surface area contributed by atoms with E-state index in [9.17, 15) is 4.79 Å².